The van der Waals surface area contributed by atoms with Crippen LogP contribution in [0.15, 0.2) is 4.99 Å². The molecule has 6 heteroatoms. The molecule has 0 unspecified atom stereocenters. The highest BCUT2D eigenvalue weighted by Crippen LogP contribution is 2.07. The average molecular weight is 368 g/mol. The SMILES string of the molecule is CC(C)CCNC(N)=NCC(=O)N1CCCC1.I. The van der Waals surface area contributed by atoms with E-state index in [0.717, 1.165) is 38.9 Å². The zero-order valence-corrected chi connectivity index (χ0v) is 13.6. The number of likely N-dealkylation sites (tertiary alicyclic amines) is 1. The van der Waals surface area contributed by atoms with Crippen LogP contribution in [0, 0.1) is 5.92 Å². The number of amides is 1. The number of hydrogen-bond acceptors (Lipinski definition) is 2. The molecule has 1 saturated heterocycles. The molecule has 1 aliphatic rings. The monoisotopic (exact) mass is 368 g/mol. The molecule has 0 aromatic carbocycles. The van der Waals surface area contributed by atoms with Gasteiger partial charge in [-0.15, -0.1) is 24.0 Å². The van der Waals surface area contributed by atoms with Crippen LogP contribution < -0.4 is 11.1 Å². The van der Waals surface area contributed by atoms with E-state index in [0.29, 0.717) is 11.9 Å². The molecule has 1 aliphatic heterocycles. The van der Waals surface area contributed by atoms with E-state index in [1.807, 2.05) is 4.90 Å². The average Bonchev–Trinajstić information content (AvgIpc) is 2.78. The fourth-order valence-electron chi connectivity index (χ4n) is 1.76. The Kier molecular flexibility index (Phi) is 9.13. The minimum Gasteiger partial charge on any atom is -0.370 e. The molecule has 0 bridgehead atoms. The molecular formula is C12H25IN4O. The summed E-state index contributed by atoms with van der Waals surface area (Å²) in [5.74, 6) is 1.09. The number of guanidine groups is 1. The van der Waals surface area contributed by atoms with E-state index in [2.05, 4.69) is 24.2 Å². The van der Waals surface area contributed by atoms with Crippen molar-refractivity contribution in [2.45, 2.75) is 33.1 Å². The van der Waals surface area contributed by atoms with Crippen LogP contribution in [0.3, 0.4) is 0 Å². The summed E-state index contributed by atoms with van der Waals surface area (Å²) in [4.78, 5) is 17.6. The van der Waals surface area contributed by atoms with Crippen LogP contribution in [0.1, 0.15) is 33.1 Å². The van der Waals surface area contributed by atoms with Crippen LogP contribution >= 0.6 is 24.0 Å². The number of hydrogen-bond donors (Lipinski definition) is 2. The third-order valence-corrected chi connectivity index (χ3v) is 2.87. The number of halogens is 1. The number of nitrogens with one attached hydrogen (secondary N) is 1. The lowest BCUT2D eigenvalue weighted by molar-refractivity contribution is -0.128. The van der Waals surface area contributed by atoms with Crippen molar-refractivity contribution in [3.8, 4) is 0 Å². The van der Waals surface area contributed by atoms with Crippen molar-refractivity contribution in [1.82, 2.24) is 10.2 Å². The van der Waals surface area contributed by atoms with Crippen LogP contribution in [0.2, 0.25) is 0 Å². The third-order valence-electron chi connectivity index (χ3n) is 2.87. The first-order chi connectivity index (χ1) is 8.09. The summed E-state index contributed by atoms with van der Waals surface area (Å²) < 4.78 is 0. The molecule has 0 radical (unpaired) electrons. The molecule has 0 aromatic heterocycles. The first kappa shape index (κ1) is 17.5. The number of nitrogens with two attached hydrogens (primary N) is 1. The molecule has 1 heterocycles. The molecule has 1 amide bonds. The molecule has 0 saturated carbocycles. The van der Waals surface area contributed by atoms with Crippen LogP contribution in [-0.2, 0) is 4.79 Å². The summed E-state index contributed by atoms with van der Waals surface area (Å²) >= 11 is 0. The van der Waals surface area contributed by atoms with E-state index in [-0.39, 0.29) is 36.4 Å². The Morgan fingerprint density at radius 3 is 2.56 bits per heavy atom. The fraction of sp³-hybridized carbons (Fsp3) is 0.833. The third kappa shape index (κ3) is 7.03. The Labute approximate surface area is 127 Å². The maximum Gasteiger partial charge on any atom is 0.244 e. The van der Waals surface area contributed by atoms with Crippen LogP contribution in [0.4, 0.5) is 0 Å². The molecule has 0 aliphatic carbocycles. The van der Waals surface area contributed by atoms with E-state index in [1.165, 1.54) is 0 Å². The highest BCUT2D eigenvalue weighted by molar-refractivity contribution is 14.0. The van der Waals surface area contributed by atoms with Crippen LogP contribution in [0.25, 0.3) is 0 Å². The zero-order valence-electron chi connectivity index (χ0n) is 11.3. The van der Waals surface area contributed by atoms with E-state index in [4.69, 9.17) is 5.73 Å². The quantitative estimate of drug-likeness (QED) is 0.435. The van der Waals surface area contributed by atoms with Gasteiger partial charge in [-0.3, -0.25) is 4.79 Å². The number of rotatable bonds is 5. The van der Waals surface area contributed by atoms with Gasteiger partial charge in [-0.25, -0.2) is 4.99 Å². The second kappa shape index (κ2) is 9.41. The Morgan fingerprint density at radius 1 is 1.39 bits per heavy atom. The second-order valence-corrected chi connectivity index (χ2v) is 4.90. The Morgan fingerprint density at radius 2 is 2.00 bits per heavy atom. The van der Waals surface area contributed by atoms with Gasteiger partial charge in [-0.05, 0) is 25.2 Å². The van der Waals surface area contributed by atoms with Crippen molar-refractivity contribution in [2.24, 2.45) is 16.6 Å². The van der Waals surface area contributed by atoms with E-state index in [1.54, 1.807) is 0 Å². The van der Waals surface area contributed by atoms with Crippen LogP contribution in [0.5, 0.6) is 0 Å². The molecule has 0 spiro atoms. The summed E-state index contributed by atoms with van der Waals surface area (Å²) in [6.07, 6.45) is 3.27. The topological polar surface area (TPSA) is 70.7 Å². The number of carbonyl (C=O) groups is 1. The predicted octanol–water partition coefficient (Wildman–Crippen LogP) is 1.18. The Bertz CT molecular complexity index is 275. The molecule has 1 fully saturated rings. The number of carbonyl (C=O) groups excluding carboxylic acids is 1. The maximum atomic E-state index is 11.7. The highest BCUT2D eigenvalue weighted by Gasteiger charge is 2.16. The van der Waals surface area contributed by atoms with Gasteiger partial charge < -0.3 is 16.0 Å². The Hall–Kier alpha value is -0.530. The summed E-state index contributed by atoms with van der Waals surface area (Å²) in [7, 11) is 0. The standard InChI is InChI=1S/C12H24N4O.HI/c1-10(2)5-6-14-12(13)15-9-11(17)16-7-3-4-8-16;/h10H,3-9H2,1-2H3,(H3,13,14,15);1H. The normalized spacial score (nSPS) is 15.7. The van der Waals surface area contributed by atoms with Gasteiger partial charge in [-0.1, -0.05) is 13.8 Å². The molecule has 5 nitrogen and oxygen atoms in total. The van der Waals surface area contributed by atoms with Gasteiger partial charge in [0.2, 0.25) is 5.91 Å². The molecular weight excluding hydrogens is 343 g/mol. The van der Waals surface area contributed by atoms with Crippen LogP contribution in [-0.4, -0.2) is 42.9 Å². The minimum atomic E-state index is 0. The first-order valence-electron chi connectivity index (χ1n) is 6.41. The predicted molar refractivity (Wildman–Crippen MR) is 85.2 cm³/mol. The van der Waals surface area contributed by atoms with Crippen molar-refractivity contribution in [3.63, 3.8) is 0 Å². The van der Waals surface area contributed by atoms with E-state index >= 15 is 0 Å². The summed E-state index contributed by atoms with van der Waals surface area (Å²) in [5, 5.41) is 3.02. The smallest absolute Gasteiger partial charge is 0.244 e. The van der Waals surface area contributed by atoms with Gasteiger partial charge in [0.05, 0.1) is 0 Å². The van der Waals surface area contributed by atoms with Crippen molar-refractivity contribution >= 4 is 35.8 Å². The Balaban J connectivity index is 0.00000289. The first-order valence-corrected chi connectivity index (χ1v) is 6.41. The number of aliphatic imine (C=N–C) groups is 1. The molecule has 3 N–H and O–H groups in total. The minimum absolute atomic E-state index is 0. The molecule has 106 valence electrons. The van der Waals surface area contributed by atoms with Crippen molar-refractivity contribution in [1.29, 1.82) is 0 Å². The molecule has 0 aromatic rings. The fourth-order valence-corrected chi connectivity index (χ4v) is 1.76. The van der Waals surface area contributed by atoms with Gasteiger partial charge in [-0.2, -0.15) is 0 Å². The van der Waals surface area contributed by atoms with Gasteiger partial charge >= 0.3 is 0 Å². The van der Waals surface area contributed by atoms with E-state index in [9.17, 15) is 4.79 Å². The lowest BCUT2D eigenvalue weighted by Crippen LogP contribution is -2.35. The largest absolute Gasteiger partial charge is 0.370 e. The lowest BCUT2D eigenvalue weighted by Gasteiger charge is -2.13. The lowest BCUT2D eigenvalue weighted by atomic mass is 10.1. The van der Waals surface area contributed by atoms with Crippen molar-refractivity contribution < 1.29 is 4.79 Å². The van der Waals surface area contributed by atoms with Crippen molar-refractivity contribution in [3.05, 3.63) is 0 Å². The molecule has 1 rings (SSSR count). The van der Waals surface area contributed by atoms with Gasteiger partial charge in [0.25, 0.3) is 0 Å². The molecule has 0 atom stereocenters. The highest BCUT2D eigenvalue weighted by atomic mass is 127. The van der Waals surface area contributed by atoms with Crippen molar-refractivity contribution in [2.75, 3.05) is 26.2 Å². The summed E-state index contributed by atoms with van der Waals surface area (Å²) in [6, 6.07) is 0. The van der Waals surface area contributed by atoms with E-state index < -0.39 is 0 Å². The van der Waals surface area contributed by atoms with Gasteiger partial charge in [0, 0.05) is 19.6 Å². The maximum absolute atomic E-state index is 11.7. The number of nitrogens with zero attached hydrogens (tertiary/aromatic N) is 2. The second-order valence-electron chi connectivity index (χ2n) is 4.90. The van der Waals surface area contributed by atoms with Gasteiger partial charge in [0.15, 0.2) is 5.96 Å². The molecule has 18 heavy (non-hydrogen) atoms. The zero-order chi connectivity index (χ0) is 12.7. The summed E-state index contributed by atoms with van der Waals surface area (Å²) in [6.45, 7) is 7.04. The summed E-state index contributed by atoms with van der Waals surface area (Å²) in [5.41, 5.74) is 5.68. The van der Waals surface area contributed by atoms with Gasteiger partial charge in [0.1, 0.15) is 6.54 Å².